The first-order chi connectivity index (χ1) is 12.7. The summed E-state index contributed by atoms with van der Waals surface area (Å²) in [6.45, 7) is 7.31. The van der Waals surface area contributed by atoms with Crippen molar-refractivity contribution < 1.29 is 9.53 Å². The number of aryl methyl sites for hydroxylation is 1. The summed E-state index contributed by atoms with van der Waals surface area (Å²) in [7, 11) is 0. The Balaban J connectivity index is 1.32. The maximum atomic E-state index is 12.3. The van der Waals surface area contributed by atoms with E-state index in [0.29, 0.717) is 13.2 Å². The summed E-state index contributed by atoms with van der Waals surface area (Å²) in [6.07, 6.45) is 0. The predicted molar refractivity (Wildman–Crippen MR) is 103 cm³/mol. The molecule has 1 saturated heterocycles. The number of amides is 2. The normalized spacial score (nSPS) is 14.9. The molecule has 1 N–H and O–H groups in total. The number of rotatable bonds is 6. The van der Waals surface area contributed by atoms with Crippen LogP contribution in [0.25, 0.3) is 0 Å². The van der Waals surface area contributed by atoms with Crippen LogP contribution in [-0.4, -0.2) is 55.2 Å². The van der Waals surface area contributed by atoms with E-state index in [0.717, 1.165) is 38.5 Å². The van der Waals surface area contributed by atoms with Crippen LogP contribution < -0.4 is 10.1 Å². The summed E-state index contributed by atoms with van der Waals surface area (Å²) in [4.78, 5) is 16.5. The highest BCUT2D eigenvalue weighted by Gasteiger charge is 2.20. The van der Waals surface area contributed by atoms with E-state index in [1.807, 2.05) is 42.2 Å². The molecular formula is C21H27N3O2. The molecular weight excluding hydrogens is 326 g/mol. The third-order valence-corrected chi connectivity index (χ3v) is 4.58. The number of nitrogens with one attached hydrogen (secondary N) is 1. The van der Waals surface area contributed by atoms with Crippen LogP contribution in [0, 0.1) is 6.92 Å². The molecule has 5 heteroatoms. The molecule has 5 nitrogen and oxygen atoms in total. The van der Waals surface area contributed by atoms with Gasteiger partial charge < -0.3 is 15.0 Å². The van der Waals surface area contributed by atoms with Crippen molar-refractivity contribution >= 4 is 6.03 Å². The molecule has 2 amide bonds. The lowest BCUT2D eigenvalue weighted by Crippen LogP contribution is -2.51. The van der Waals surface area contributed by atoms with E-state index >= 15 is 0 Å². The van der Waals surface area contributed by atoms with Crippen molar-refractivity contribution in [2.24, 2.45) is 0 Å². The van der Waals surface area contributed by atoms with E-state index < -0.39 is 0 Å². The molecule has 0 atom stereocenters. The van der Waals surface area contributed by atoms with Crippen molar-refractivity contribution in [2.45, 2.75) is 13.5 Å². The van der Waals surface area contributed by atoms with Crippen LogP contribution in [0.15, 0.2) is 54.6 Å². The summed E-state index contributed by atoms with van der Waals surface area (Å²) in [5, 5.41) is 2.94. The Morgan fingerprint density at radius 2 is 1.69 bits per heavy atom. The van der Waals surface area contributed by atoms with Gasteiger partial charge in [-0.25, -0.2) is 4.79 Å². The van der Waals surface area contributed by atoms with Gasteiger partial charge in [0.15, 0.2) is 0 Å². The molecule has 1 fully saturated rings. The van der Waals surface area contributed by atoms with Crippen LogP contribution in [0.3, 0.4) is 0 Å². The largest absolute Gasteiger partial charge is 0.492 e. The fourth-order valence-electron chi connectivity index (χ4n) is 3.02. The second-order valence-corrected chi connectivity index (χ2v) is 6.64. The average molecular weight is 353 g/mol. The Morgan fingerprint density at radius 3 is 2.38 bits per heavy atom. The first-order valence-electron chi connectivity index (χ1n) is 9.19. The fraction of sp³-hybridized carbons (Fsp3) is 0.381. The van der Waals surface area contributed by atoms with Gasteiger partial charge >= 0.3 is 6.03 Å². The number of piperazine rings is 1. The van der Waals surface area contributed by atoms with Crippen molar-refractivity contribution in [1.29, 1.82) is 0 Å². The molecule has 3 rings (SSSR count). The summed E-state index contributed by atoms with van der Waals surface area (Å²) in [5.74, 6) is 0.833. The highest BCUT2D eigenvalue weighted by Crippen LogP contribution is 2.11. The minimum atomic E-state index is -0.00290. The van der Waals surface area contributed by atoms with Gasteiger partial charge in [-0.1, -0.05) is 48.0 Å². The Kier molecular flexibility index (Phi) is 6.50. The van der Waals surface area contributed by atoms with Gasteiger partial charge in [-0.3, -0.25) is 4.90 Å². The average Bonchev–Trinajstić information content (AvgIpc) is 2.68. The van der Waals surface area contributed by atoms with Gasteiger partial charge in [-0.2, -0.15) is 0 Å². The molecule has 0 bridgehead atoms. The molecule has 1 aliphatic rings. The summed E-state index contributed by atoms with van der Waals surface area (Å²) in [5.41, 5.74) is 2.52. The number of carbonyl (C=O) groups excluding carboxylic acids is 1. The third-order valence-electron chi connectivity index (χ3n) is 4.58. The number of urea groups is 1. The molecule has 138 valence electrons. The number of carbonyl (C=O) groups is 1. The zero-order valence-electron chi connectivity index (χ0n) is 15.4. The lowest BCUT2D eigenvalue weighted by atomic mass is 10.2. The van der Waals surface area contributed by atoms with E-state index in [4.69, 9.17) is 4.74 Å². The Hall–Kier alpha value is -2.53. The molecule has 0 aliphatic carbocycles. The third kappa shape index (κ3) is 5.49. The van der Waals surface area contributed by atoms with Crippen molar-refractivity contribution in [3.63, 3.8) is 0 Å². The van der Waals surface area contributed by atoms with E-state index in [1.165, 1.54) is 11.1 Å². The summed E-state index contributed by atoms with van der Waals surface area (Å²) < 4.78 is 5.64. The van der Waals surface area contributed by atoms with Gasteiger partial charge in [0.2, 0.25) is 0 Å². The molecule has 2 aromatic rings. The second kappa shape index (κ2) is 9.25. The predicted octanol–water partition coefficient (Wildman–Crippen LogP) is 2.90. The van der Waals surface area contributed by atoms with Crippen LogP contribution in [-0.2, 0) is 6.54 Å². The molecule has 0 spiro atoms. The van der Waals surface area contributed by atoms with Gasteiger partial charge in [0.25, 0.3) is 0 Å². The lowest BCUT2D eigenvalue weighted by Gasteiger charge is -2.34. The SMILES string of the molecule is Cc1ccc(OCCNC(=O)N2CCN(Cc3ccccc3)CC2)cc1. The molecule has 0 radical (unpaired) electrons. The number of nitrogens with zero attached hydrogens (tertiary/aromatic N) is 2. The number of ether oxygens (including phenoxy) is 1. The first-order valence-corrected chi connectivity index (χ1v) is 9.19. The fourth-order valence-corrected chi connectivity index (χ4v) is 3.02. The van der Waals surface area contributed by atoms with Crippen LogP contribution in [0.4, 0.5) is 4.79 Å². The maximum absolute atomic E-state index is 12.3. The molecule has 0 aromatic heterocycles. The monoisotopic (exact) mass is 353 g/mol. The lowest BCUT2D eigenvalue weighted by molar-refractivity contribution is 0.134. The van der Waals surface area contributed by atoms with Crippen LogP contribution in [0.2, 0.25) is 0 Å². The molecule has 0 unspecified atom stereocenters. The quantitative estimate of drug-likeness (QED) is 0.812. The maximum Gasteiger partial charge on any atom is 0.317 e. The summed E-state index contributed by atoms with van der Waals surface area (Å²) >= 11 is 0. The minimum absolute atomic E-state index is 0.00290. The number of hydrogen-bond donors (Lipinski definition) is 1. The van der Waals surface area contributed by atoms with E-state index in [1.54, 1.807) is 0 Å². The Bertz CT molecular complexity index is 680. The van der Waals surface area contributed by atoms with Gasteiger partial charge in [0.1, 0.15) is 12.4 Å². The van der Waals surface area contributed by atoms with Gasteiger partial charge in [0, 0.05) is 32.7 Å². The van der Waals surface area contributed by atoms with Gasteiger partial charge in [-0.05, 0) is 24.6 Å². The van der Waals surface area contributed by atoms with Crippen molar-refractivity contribution in [1.82, 2.24) is 15.1 Å². The molecule has 1 aliphatic heterocycles. The smallest absolute Gasteiger partial charge is 0.317 e. The van der Waals surface area contributed by atoms with Crippen LogP contribution >= 0.6 is 0 Å². The van der Waals surface area contributed by atoms with Gasteiger partial charge in [-0.15, -0.1) is 0 Å². The number of hydrogen-bond acceptors (Lipinski definition) is 3. The topological polar surface area (TPSA) is 44.8 Å². The van der Waals surface area contributed by atoms with Crippen LogP contribution in [0.1, 0.15) is 11.1 Å². The first kappa shape index (κ1) is 18.3. The van der Waals surface area contributed by atoms with E-state index in [9.17, 15) is 4.79 Å². The van der Waals surface area contributed by atoms with E-state index in [2.05, 4.69) is 34.5 Å². The van der Waals surface area contributed by atoms with E-state index in [-0.39, 0.29) is 6.03 Å². The molecule has 2 aromatic carbocycles. The van der Waals surface area contributed by atoms with Crippen LogP contribution in [0.5, 0.6) is 5.75 Å². The second-order valence-electron chi connectivity index (χ2n) is 6.64. The zero-order chi connectivity index (χ0) is 18.2. The Morgan fingerprint density at radius 1 is 1.00 bits per heavy atom. The standard InChI is InChI=1S/C21H27N3O2/c1-18-7-9-20(10-8-18)26-16-11-22-21(25)24-14-12-23(13-15-24)17-19-5-3-2-4-6-19/h2-10H,11-17H2,1H3,(H,22,25). The minimum Gasteiger partial charge on any atom is -0.492 e. The van der Waals surface area contributed by atoms with Crippen molar-refractivity contribution in [2.75, 3.05) is 39.3 Å². The van der Waals surface area contributed by atoms with Crippen molar-refractivity contribution in [3.05, 3.63) is 65.7 Å². The number of benzene rings is 2. The van der Waals surface area contributed by atoms with Gasteiger partial charge in [0.05, 0.1) is 6.54 Å². The molecule has 1 heterocycles. The highest BCUT2D eigenvalue weighted by atomic mass is 16.5. The molecule has 26 heavy (non-hydrogen) atoms. The Labute approximate surface area is 155 Å². The zero-order valence-corrected chi connectivity index (χ0v) is 15.4. The molecule has 0 saturated carbocycles. The highest BCUT2D eigenvalue weighted by molar-refractivity contribution is 5.74. The summed E-state index contributed by atoms with van der Waals surface area (Å²) in [6, 6.07) is 18.4. The van der Waals surface area contributed by atoms with Crippen molar-refractivity contribution in [3.8, 4) is 5.75 Å².